The van der Waals surface area contributed by atoms with Crippen molar-refractivity contribution in [2.45, 2.75) is 51.7 Å². The molecule has 1 atom stereocenters. The van der Waals surface area contributed by atoms with Crippen molar-refractivity contribution in [3.05, 3.63) is 23.4 Å². The third-order valence-electron chi connectivity index (χ3n) is 3.98. The molecule has 0 radical (unpaired) electrons. The fraction of sp³-hybridized carbons (Fsp3) is 0.688. The molecule has 0 spiro atoms. The highest BCUT2D eigenvalue weighted by atomic mass is 16.5. The van der Waals surface area contributed by atoms with Crippen molar-refractivity contribution >= 4 is 0 Å². The van der Waals surface area contributed by atoms with Crippen LogP contribution in [0.5, 0.6) is 5.88 Å². The van der Waals surface area contributed by atoms with Crippen LogP contribution in [-0.2, 0) is 13.0 Å². The van der Waals surface area contributed by atoms with Crippen LogP contribution < -0.4 is 4.74 Å². The Labute approximate surface area is 121 Å². The van der Waals surface area contributed by atoms with E-state index in [9.17, 15) is 5.11 Å². The monoisotopic (exact) mass is 278 g/mol. The fourth-order valence-corrected chi connectivity index (χ4v) is 2.81. The Morgan fingerprint density at radius 2 is 2.30 bits per heavy atom. The minimum absolute atomic E-state index is 0.0426. The Morgan fingerprint density at radius 1 is 1.45 bits per heavy atom. The second-order valence-electron chi connectivity index (χ2n) is 5.63. The van der Waals surface area contributed by atoms with Gasteiger partial charge in [-0.25, -0.2) is 4.98 Å². The van der Waals surface area contributed by atoms with E-state index in [2.05, 4.69) is 23.9 Å². The van der Waals surface area contributed by atoms with E-state index in [4.69, 9.17) is 4.74 Å². The SMILES string of the molecule is CCCc1cc(CO)cc(OCCC2CCCN2C)n1. The number of hydrogen-bond donors (Lipinski definition) is 1. The summed E-state index contributed by atoms with van der Waals surface area (Å²) in [6.45, 7) is 4.07. The molecular weight excluding hydrogens is 252 g/mol. The molecular formula is C16H26N2O2. The number of likely N-dealkylation sites (tertiary alicyclic amines) is 1. The van der Waals surface area contributed by atoms with E-state index in [0.29, 0.717) is 18.5 Å². The van der Waals surface area contributed by atoms with Gasteiger partial charge in [0.2, 0.25) is 5.88 Å². The highest BCUT2D eigenvalue weighted by Crippen LogP contribution is 2.19. The first-order valence-electron chi connectivity index (χ1n) is 7.66. The Bertz CT molecular complexity index is 423. The normalized spacial score (nSPS) is 19.4. The van der Waals surface area contributed by atoms with Crippen LogP contribution in [0.3, 0.4) is 0 Å². The summed E-state index contributed by atoms with van der Waals surface area (Å²) in [5.74, 6) is 0.653. The lowest BCUT2D eigenvalue weighted by Crippen LogP contribution is -2.26. The molecule has 0 aliphatic carbocycles. The van der Waals surface area contributed by atoms with Gasteiger partial charge in [-0.15, -0.1) is 0 Å². The quantitative estimate of drug-likeness (QED) is 0.832. The predicted molar refractivity (Wildman–Crippen MR) is 79.9 cm³/mol. The third-order valence-corrected chi connectivity index (χ3v) is 3.98. The third kappa shape index (κ3) is 4.18. The summed E-state index contributed by atoms with van der Waals surface area (Å²) in [5, 5.41) is 9.30. The van der Waals surface area contributed by atoms with E-state index >= 15 is 0 Å². The molecule has 1 unspecified atom stereocenters. The van der Waals surface area contributed by atoms with Crippen LogP contribution in [0.2, 0.25) is 0 Å². The van der Waals surface area contributed by atoms with Crippen LogP contribution in [0.15, 0.2) is 12.1 Å². The average molecular weight is 278 g/mol. The number of pyridine rings is 1. The van der Waals surface area contributed by atoms with E-state index in [0.717, 1.165) is 30.5 Å². The molecule has 4 heteroatoms. The second-order valence-corrected chi connectivity index (χ2v) is 5.63. The maximum Gasteiger partial charge on any atom is 0.213 e. The zero-order valence-electron chi connectivity index (χ0n) is 12.6. The van der Waals surface area contributed by atoms with Gasteiger partial charge in [-0.3, -0.25) is 0 Å². The van der Waals surface area contributed by atoms with Crippen molar-refractivity contribution in [1.82, 2.24) is 9.88 Å². The minimum atomic E-state index is 0.0426. The summed E-state index contributed by atoms with van der Waals surface area (Å²) >= 11 is 0. The number of aryl methyl sites for hydroxylation is 1. The minimum Gasteiger partial charge on any atom is -0.478 e. The maximum absolute atomic E-state index is 9.30. The van der Waals surface area contributed by atoms with Crippen molar-refractivity contribution in [3.8, 4) is 5.88 Å². The van der Waals surface area contributed by atoms with Crippen molar-refractivity contribution in [1.29, 1.82) is 0 Å². The van der Waals surface area contributed by atoms with Gasteiger partial charge in [-0.05, 0) is 50.9 Å². The topological polar surface area (TPSA) is 45.6 Å². The van der Waals surface area contributed by atoms with Gasteiger partial charge in [0.25, 0.3) is 0 Å². The van der Waals surface area contributed by atoms with Crippen LogP contribution in [0.25, 0.3) is 0 Å². The predicted octanol–water partition coefficient (Wildman–Crippen LogP) is 2.39. The van der Waals surface area contributed by atoms with Gasteiger partial charge in [0, 0.05) is 17.8 Å². The van der Waals surface area contributed by atoms with E-state index in [1.54, 1.807) is 0 Å². The van der Waals surface area contributed by atoms with Gasteiger partial charge in [-0.2, -0.15) is 0 Å². The first kappa shape index (κ1) is 15.3. The van der Waals surface area contributed by atoms with Gasteiger partial charge in [0.05, 0.1) is 13.2 Å². The lowest BCUT2D eigenvalue weighted by atomic mass is 10.1. The van der Waals surface area contributed by atoms with Crippen LogP contribution in [0, 0.1) is 0 Å². The van der Waals surface area contributed by atoms with Gasteiger partial charge < -0.3 is 14.7 Å². The van der Waals surface area contributed by atoms with Crippen LogP contribution >= 0.6 is 0 Å². The van der Waals surface area contributed by atoms with Gasteiger partial charge in [-0.1, -0.05) is 13.3 Å². The number of nitrogens with zero attached hydrogens (tertiary/aromatic N) is 2. The molecule has 1 aromatic rings. The van der Waals surface area contributed by atoms with Crippen molar-refractivity contribution in [3.63, 3.8) is 0 Å². The Morgan fingerprint density at radius 3 is 2.95 bits per heavy atom. The van der Waals surface area contributed by atoms with E-state index in [1.165, 1.54) is 19.4 Å². The van der Waals surface area contributed by atoms with Gasteiger partial charge >= 0.3 is 0 Å². The largest absolute Gasteiger partial charge is 0.478 e. The van der Waals surface area contributed by atoms with Crippen molar-refractivity contribution in [2.75, 3.05) is 20.2 Å². The maximum atomic E-state index is 9.30. The molecule has 1 aliphatic rings. The molecule has 1 fully saturated rings. The first-order chi connectivity index (χ1) is 9.72. The molecule has 20 heavy (non-hydrogen) atoms. The first-order valence-corrected chi connectivity index (χ1v) is 7.66. The molecule has 2 heterocycles. The van der Waals surface area contributed by atoms with E-state index < -0.39 is 0 Å². The van der Waals surface area contributed by atoms with E-state index in [1.807, 2.05) is 12.1 Å². The summed E-state index contributed by atoms with van der Waals surface area (Å²) in [6, 6.07) is 4.45. The lowest BCUT2D eigenvalue weighted by molar-refractivity contribution is 0.227. The molecule has 0 aromatic carbocycles. The van der Waals surface area contributed by atoms with Gasteiger partial charge in [0.1, 0.15) is 0 Å². The number of aliphatic hydroxyl groups is 1. The Balaban J connectivity index is 1.89. The number of aromatic nitrogens is 1. The fourth-order valence-electron chi connectivity index (χ4n) is 2.81. The molecule has 0 amide bonds. The zero-order chi connectivity index (χ0) is 14.4. The molecule has 1 N–H and O–H groups in total. The molecule has 0 bridgehead atoms. The summed E-state index contributed by atoms with van der Waals surface area (Å²) in [4.78, 5) is 6.91. The average Bonchev–Trinajstić information content (AvgIpc) is 2.84. The number of hydrogen-bond acceptors (Lipinski definition) is 4. The summed E-state index contributed by atoms with van der Waals surface area (Å²) in [6.07, 6.45) is 5.58. The number of ether oxygens (including phenoxy) is 1. The number of aliphatic hydroxyl groups excluding tert-OH is 1. The molecule has 112 valence electrons. The smallest absolute Gasteiger partial charge is 0.213 e. The Kier molecular flexibility index (Phi) is 5.80. The van der Waals surface area contributed by atoms with Gasteiger partial charge in [0.15, 0.2) is 0 Å². The van der Waals surface area contributed by atoms with Crippen LogP contribution in [-0.4, -0.2) is 41.2 Å². The molecule has 4 nitrogen and oxygen atoms in total. The molecule has 1 aliphatic heterocycles. The second kappa shape index (κ2) is 7.60. The van der Waals surface area contributed by atoms with Crippen molar-refractivity contribution < 1.29 is 9.84 Å². The summed E-state index contributed by atoms with van der Waals surface area (Å²) < 4.78 is 5.80. The molecule has 1 aromatic heterocycles. The highest BCUT2D eigenvalue weighted by Gasteiger charge is 2.20. The standard InChI is InChI=1S/C16H26N2O2/c1-3-5-14-10-13(12-19)11-16(17-14)20-9-7-15-6-4-8-18(15)2/h10-11,15,19H,3-9,12H2,1-2H3. The lowest BCUT2D eigenvalue weighted by Gasteiger charge is -2.19. The molecule has 2 rings (SSSR count). The number of rotatable bonds is 7. The summed E-state index contributed by atoms with van der Waals surface area (Å²) in [5.41, 5.74) is 1.89. The highest BCUT2D eigenvalue weighted by molar-refractivity contribution is 5.24. The van der Waals surface area contributed by atoms with E-state index in [-0.39, 0.29) is 6.61 Å². The molecule has 1 saturated heterocycles. The zero-order valence-corrected chi connectivity index (χ0v) is 12.6. The van der Waals surface area contributed by atoms with Crippen LogP contribution in [0.4, 0.5) is 0 Å². The van der Waals surface area contributed by atoms with Crippen molar-refractivity contribution in [2.24, 2.45) is 0 Å². The summed E-state index contributed by atoms with van der Waals surface area (Å²) in [7, 11) is 2.18. The Hall–Kier alpha value is -1.13. The molecule has 0 saturated carbocycles. The van der Waals surface area contributed by atoms with Crippen LogP contribution in [0.1, 0.15) is 43.9 Å².